The summed E-state index contributed by atoms with van der Waals surface area (Å²) in [6, 6.07) is 4.98. The molecule has 1 N–H and O–H groups in total. The molecular formula is C17H10F3N2O3S-. The summed E-state index contributed by atoms with van der Waals surface area (Å²) in [5, 5.41) is 11.2. The van der Waals surface area contributed by atoms with Gasteiger partial charge in [-0.05, 0) is 30.2 Å². The monoisotopic (exact) mass is 379 g/mol. The molecule has 0 radical (unpaired) electrons. The lowest BCUT2D eigenvalue weighted by molar-refractivity contribution is -0.254. The standard InChI is InChI=1S/C17H11F3N2O3S/c1-8-12-14(23)21-11(22-15(12)26-13(8)16(24)25)7-6-9-4-2-3-5-10(9)17(18,19)20/h2-7H,1H3,(H,24,25)(H,21,22,23)/p-1/b7-6+. The Morgan fingerprint density at radius 1 is 1.27 bits per heavy atom. The van der Waals surface area contributed by atoms with Crippen molar-refractivity contribution in [2.45, 2.75) is 13.1 Å². The van der Waals surface area contributed by atoms with Crippen molar-refractivity contribution in [2.75, 3.05) is 0 Å². The molecule has 2 aromatic heterocycles. The van der Waals surface area contributed by atoms with Gasteiger partial charge in [0.25, 0.3) is 5.56 Å². The lowest BCUT2D eigenvalue weighted by Gasteiger charge is -2.09. The number of halogens is 3. The van der Waals surface area contributed by atoms with Gasteiger partial charge in [0.05, 0.1) is 21.8 Å². The molecule has 0 aliphatic rings. The predicted molar refractivity (Wildman–Crippen MR) is 89.7 cm³/mol. The van der Waals surface area contributed by atoms with E-state index in [9.17, 15) is 27.9 Å². The zero-order valence-electron chi connectivity index (χ0n) is 13.2. The van der Waals surface area contributed by atoms with Crippen molar-refractivity contribution >= 4 is 39.7 Å². The summed E-state index contributed by atoms with van der Waals surface area (Å²) in [4.78, 5) is 29.9. The van der Waals surface area contributed by atoms with Gasteiger partial charge in [-0.15, -0.1) is 11.3 Å². The third kappa shape index (κ3) is 3.25. The lowest BCUT2D eigenvalue weighted by atomic mass is 10.1. The van der Waals surface area contributed by atoms with Crippen molar-refractivity contribution in [1.82, 2.24) is 9.97 Å². The number of aryl methyl sites for hydroxylation is 1. The van der Waals surface area contributed by atoms with Crippen LogP contribution in [-0.2, 0) is 6.18 Å². The topological polar surface area (TPSA) is 85.9 Å². The minimum absolute atomic E-state index is 0.0191. The fourth-order valence-corrected chi connectivity index (χ4v) is 3.53. The quantitative estimate of drug-likeness (QED) is 0.758. The number of carbonyl (C=O) groups excluding carboxylic acids is 1. The highest BCUT2D eigenvalue weighted by molar-refractivity contribution is 7.20. The van der Waals surface area contributed by atoms with E-state index in [0.717, 1.165) is 17.4 Å². The molecule has 0 fully saturated rings. The minimum Gasteiger partial charge on any atom is -0.544 e. The second-order valence-corrected chi connectivity index (χ2v) is 6.39. The Hall–Kier alpha value is -2.94. The molecule has 1 aromatic carbocycles. The maximum absolute atomic E-state index is 13.0. The summed E-state index contributed by atoms with van der Waals surface area (Å²) in [7, 11) is 0. The van der Waals surface area contributed by atoms with Gasteiger partial charge in [0, 0.05) is 0 Å². The van der Waals surface area contributed by atoms with E-state index in [2.05, 4.69) is 9.97 Å². The molecule has 134 valence electrons. The van der Waals surface area contributed by atoms with Gasteiger partial charge >= 0.3 is 6.18 Å². The SMILES string of the molecule is Cc1c(C(=O)[O-])sc2nc(/C=C/c3ccccc3C(F)(F)F)[nH]c(=O)c12. The molecule has 0 aliphatic heterocycles. The van der Waals surface area contributed by atoms with E-state index in [1.54, 1.807) is 0 Å². The minimum atomic E-state index is -4.51. The van der Waals surface area contributed by atoms with Crippen molar-refractivity contribution in [1.29, 1.82) is 0 Å². The van der Waals surface area contributed by atoms with Gasteiger partial charge in [0.15, 0.2) is 0 Å². The molecule has 0 saturated heterocycles. The van der Waals surface area contributed by atoms with Crippen LogP contribution in [0.25, 0.3) is 22.4 Å². The Balaban J connectivity index is 2.07. The first-order chi connectivity index (χ1) is 12.2. The number of hydrogen-bond donors (Lipinski definition) is 1. The number of H-pyrrole nitrogens is 1. The van der Waals surface area contributed by atoms with Crippen LogP contribution in [0.4, 0.5) is 13.2 Å². The molecule has 2 heterocycles. The Kier molecular flexibility index (Phi) is 4.41. The molecular weight excluding hydrogens is 369 g/mol. The van der Waals surface area contributed by atoms with Crippen LogP contribution in [-0.4, -0.2) is 15.9 Å². The van der Waals surface area contributed by atoms with Gasteiger partial charge < -0.3 is 14.9 Å². The molecule has 5 nitrogen and oxygen atoms in total. The number of carbonyl (C=O) groups is 1. The van der Waals surface area contributed by atoms with Crippen LogP contribution < -0.4 is 10.7 Å². The molecule has 0 atom stereocenters. The highest BCUT2D eigenvalue weighted by Crippen LogP contribution is 2.32. The maximum atomic E-state index is 13.0. The molecule has 0 spiro atoms. The summed E-state index contributed by atoms with van der Waals surface area (Å²) in [6.07, 6.45) is -2.09. The van der Waals surface area contributed by atoms with E-state index < -0.39 is 23.3 Å². The average Bonchev–Trinajstić information content (AvgIpc) is 2.90. The maximum Gasteiger partial charge on any atom is 0.416 e. The van der Waals surface area contributed by atoms with Crippen molar-refractivity contribution in [3.05, 3.63) is 62.0 Å². The third-order valence-corrected chi connectivity index (χ3v) is 4.86. The Morgan fingerprint density at radius 2 is 1.96 bits per heavy atom. The van der Waals surface area contributed by atoms with Crippen LogP contribution in [0, 0.1) is 6.92 Å². The van der Waals surface area contributed by atoms with Gasteiger partial charge in [-0.25, -0.2) is 4.98 Å². The van der Waals surface area contributed by atoms with Gasteiger partial charge in [-0.2, -0.15) is 13.2 Å². The summed E-state index contributed by atoms with van der Waals surface area (Å²) in [6.45, 7) is 1.47. The fourth-order valence-electron chi connectivity index (χ4n) is 2.50. The summed E-state index contributed by atoms with van der Waals surface area (Å²) in [5.74, 6) is -1.40. The van der Waals surface area contributed by atoms with Gasteiger partial charge in [-0.3, -0.25) is 4.79 Å². The van der Waals surface area contributed by atoms with Crippen molar-refractivity contribution < 1.29 is 23.1 Å². The molecule has 0 unspecified atom stereocenters. The lowest BCUT2D eigenvalue weighted by Crippen LogP contribution is -2.21. The first-order valence-corrected chi connectivity index (χ1v) is 8.09. The number of aromatic nitrogens is 2. The van der Waals surface area contributed by atoms with Crippen molar-refractivity contribution in [3.63, 3.8) is 0 Å². The fraction of sp³-hybridized carbons (Fsp3) is 0.118. The Morgan fingerprint density at radius 3 is 2.62 bits per heavy atom. The highest BCUT2D eigenvalue weighted by atomic mass is 32.1. The van der Waals surface area contributed by atoms with Crippen LogP contribution in [0.5, 0.6) is 0 Å². The van der Waals surface area contributed by atoms with E-state index in [1.807, 2.05) is 0 Å². The first kappa shape index (κ1) is 17.9. The second kappa shape index (κ2) is 6.41. The number of aromatic carboxylic acids is 1. The van der Waals surface area contributed by atoms with Crippen molar-refractivity contribution in [2.24, 2.45) is 0 Å². The summed E-state index contributed by atoms with van der Waals surface area (Å²) >= 11 is 0.782. The normalized spacial score (nSPS) is 12.2. The number of alkyl halides is 3. The molecule has 0 saturated carbocycles. The summed E-state index contributed by atoms with van der Waals surface area (Å²) < 4.78 is 39.0. The van der Waals surface area contributed by atoms with E-state index in [1.165, 1.54) is 37.3 Å². The second-order valence-electron chi connectivity index (χ2n) is 5.39. The highest BCUT2D eigenvalue weighted by Gasteiger charge is 2.32. The van der Waals surface area contributed by atoms with Crippen LogP contribution in [0.1, 0.15) is 32.2 Å². The smallest absolute Gasteiger partial charge is 0.416 e. The van der Waals surface area contributed by atoms with Gasteiger partial charge in [-0.1, -0.05) is 24.3 Å². The number of nitrogens with one attached hydrogen (secondary N) is 1. The Bertz CT molecular complexity index is 1100. The number of fused-ring (bicyclic) bond motifs is 1. The number of aromatic amines is 1. The predicted octanol–water partition coefficient (Wildman–Crippen LogP) is 2.85. The van der Waals surface area contributed by atoms with E-state index in [0.29, 0.717) is 0 Å². The van der Waals surface area contributed by atoms with Crippen LogP contribution in [0.3, 0.4) is 0 Å². The zero-order valence-corrected chi connectivity index (χ0v) is 14.0. The van der Waals surface area contributed by atoms with Crippen LogP contribution >= 0.6 is 11.3 Å². The van der Waals surface area contributed by atoms with E-state index in [-0.39, 0.29) is 32.0 Å². The van der Waals surface area contributed by atoms with E-state index >= 15 is 0 Å². The zero-order chi connectivity index (χ0) is 19.1. The number of hydrogen-bond acceptors (Lipinski definition) is 5. The molecule has 0 aliphatic carbocycles. The molecule has 0 amide bonds. The van der Waals surface area contributed by atoms with Crippen molar-refractivity contribution in [3.8, 4) is 0 Å². The number of rotatable bonds is 3. The largest absolute Gasteiger partial charge is 0.544 e. The molecule has 3 rings (SSSR count). The number of thiophene rings is 1. The number of nitrogens with zero attached hydrogens (tertiary/aromatic N) is 1. The average molecular weight is 379 g/mol. The van der Waals surface area contributed by atoms with Crippen LogP contribution in [0.2, 0.25) is 0 Å². The van der Waals surface area contributed by atoms with Crippen LogP contribution in [0.15, 0.2) is 29.1 Å². The third-order valence-electron chi connectivity index (χ3n) is 3.69. The molecule has 0 bridgehead atoms. The van der Waals surface area contributed by atoms with Gasteiger partial charge in [0.1, 0.15) is 10.7 Å². The summed E-state index contributed by atoms with van der Waals surface area (Å²) in [5.41, 5.74) is -1.22. The number of carboxylic acid groups (broad SMARTS) is 1. The first-order valence-electron chi connectivity index (χ1n) is 7.27. The Labute approximate surface area is 148 Å². The number of benzene rings is 1. The molecule has 3 aromatic rings. The van der Waals surface area contributed by atoms with Gasteiger partial charge in [0.2, 0.25) is 0 Å². The number of carboxylic acids is 1. The molecule has 26 heavy (non-hydrogen) atoms. The molecule has 9 heteroatoms. The van der Waals surface area contributed by atoms with E-state index in [4.69, 9.17) is 0 Å².